The number of nitrogens with one attached hydrogen (secondary N) is 1. The molecule has 0 amide bonds. The van der Waals surface area contributed by atoms with Crippen molar-refractivity contribution in [3.63, 3.8) is 0 Å². The van der Waals surface area contributed by atoms with E-state index < -0.39 is 0 Å². The Kier molecular flexibility index (Phi) is 6.64. The van der Waals surface area contributed by atoms with Crippen molar-refractivity contribution in [2.24, 2.45) is 0 Å². The van der Waals surface area contributed by atoms with Crippen LogP contribution < -0.4 is 5.32 Å². The van der Waals surface area contributed by atoms with E-state index in [-0.39, 0.29) is 0 Å². The van der Waals surface area contributed by atoms with Gasteiger partial charge in [0.2, 0.25) is 0 Å². The molecule has 14 heavy (non-hydrogen) atoms. The molecule has 0 aliphatic rings. The number of unbranched alkanes of at least 4 members (excludes halogenated alkanes) is 2. The van der Waals surface area contributed by atoms with Crippen LogP contribution in [0, 0.1) is 0 Å². The minimum Gasteiger partial charge on any atom is -0.361 e. The van der Waals surface area contributed by atoms with Crippen LogP contribution in [-0.4, -0.2) is 23.5 Å². The molecule has 0 fully saturated rings. The molecule has 5 heteroatoms. The Morgan fingerprint density at radius 3 is 3.00 bits per heavy atom. The molecule has 0 radical (unpaired) electrons. The highest BCUT2D eigenvalue weighted by Crippen LogP contribution is 2.19. The first kappa shape index (κ1) is 12.3. The molecule has 1 N–H and O–H groups in total. The van der Waals surface area contributed by atoms with Crippen LogP contribution in [0.5, 0.6) is 0 Å². The van der Waals surface area contributed by atoms with E-state index in [1.165, 1.54) is 25.0 Å². The molecule has 0 atom stereocenters. The monoisotopic (exact) mass is 294 g/mol. The fourth-order valence-corrected chi connectivity index (χ4v) is 2.74. The second kappa shape index (κ2) is 7.54. The van der Waals surface area contributed by atoms with E-state index in [1.807, 2.05) is 17.1 Å². The van der Waals surface area contributed by atoms with Gasteiger partial charge in [-0.05, 0) is 40.8 Å². The van der Waals surface area contributed by atoms with Crippen molar-refractivity contribution >= 4 is 44.2 Å². The first-order valence-corrected chi connectivity index (χ1v) is 7.73. The second-order valence-corrected chi connectivity index (χ2v) is 5.61. The third-order valence-electron chi connectivity index (χ3n) is 1.78. The summed E-state index contributed by atoms with van der Waals surface area (Å²) >= 11 is 6.90. The Morgan fingerprint density at radius 2 is 2.36 bits per heavy atom. The topological polar surface area (TPSA) is 24.9 Å². The van der Waals surface area contributed by atoms with Gasteiger partial charge < -0.3 is 5.32 Å². The molecule has 1 aromatic rings. The lowest BCUT2D eigenvalue weighted by Crippen LogP contribution is -2.00. The Morgan fingerprint density at radius 1 is 1.50 bits per heavy atom. The van der Waals surface area contributed by atoms with Crippen LogP contribution in [0.4, 0.5) is 5.13 Å². The fourth-order valence-electron chi connectivity index (χ4n) is 1.08. The van der Waals surface area contributed by atoms with Crippen LogP contribution in [0.3, 0.4) is 0 Å². The molecular weight excluding hydrogens is 280 g/mol. The largest absolute Gasteiger partial charge is 0.361 e. The standard InChI is InChI=1S/C9H15BrN2S2/c1-13-6-4-2-3-5-11-9-12-8(10)7-14-9/h7H,2-6H2,1H3,(H,11,12). The molecule has 0 unspecified atom stereocenters. The van der Waals surface area contributed by atoms with Gasteiger partial charge >= 0.3 is 0 Å². The summed E-state index contributed by atoms with van der Waals surface area (Å²) in [6.07, 6.45) is 6.02. The van der Waals surface area contributed by atoms with Gasteiger partial charge in [0.1, 0.15) is 4.60 Å². The highest BCUT2D eigenvalue weighted by molar-refractivity contribution is 9.10. The number of hydrogen-bond acceptors (Lipinski definition) is 4. The maximum atomic E-state index is 4.26. The molecule has 0 spiro atoms. The van der Waals surface area contributed by atoms with Crippen molar-refractivity contribution < 1.29 is 0 Å². The average Bonchev–Trinajstić information content (AvgIpc) is 2.58. The van der Waals surface area contributed by atoms with Crippen molar-refractivity contribution in [2.75, 3.05) is 23.9 Å². The van der Waals surface area contributed by atoms with E-state index in [0.717, 1.165) is 16.3 Å². The minimum atomic E-state index is 0.924. The lowest BCUT2D eigenvalue weighted by Gasteiger charge is -2.01. The van der Waals surface area contributed by atoms with E-state index in [4.69, 9.17) is 0 Å². The first-order valence-electron chi connectivity index (χ1n) is 4.67. The molecule has 0 aliphatic heterocycles. The van der Waals surface area contributed by atoms with Gasteiger partial charge in [0.05, 0.1) is 0 Å². The van der Waals surface area contributed by atoms with Crippen molar-refractivity contribution in [1.82, 2.24) is 4.98 Å². The summed E-state index contributed by atoms with van der Waals surface area (Å²) in [5.74, 6) is 1.28. The summed E-state index contributed by atoms with van der Waals surface area (Å²) < 4.78 is 0.924. The summed E-state index contributed by atoms with van der Waals surface area (Å²) in [5.41, 5.74) is 0. The average molecular weight is 295 g/mol. The molecule has 1 rings (SSSR count). The highest BCUT2D eigenvalue weighted by Gasteiger charge is 1.97. The predicted molar refractivity (Wildman–Crippen MR) is 70.5 cm³/mol. The van der Waals surface area contributed by atoms with Crippen molar-refractivity contribution in [3.05, 3.63) is 9.98 Å². The van der Waals surface area contributed by atoms with Gasteiger partial charge in [-0.15, -0.1) is 11.3 Å². The molecule has 0 saturated heterocycles. The van der Waals surface area contributed by atoms with Gasteiger partial charge in [-0.3, -0.25) is 0 Å². The van der Waals surface area contributed by atoms with Crippen molar-refractivity contribution in [3.8, 4) is 0 Å². The summed E-state index contributed by atoms with van der Waals surface area (Å²) in [4.78, 5) is 4.26. The van der Waals surface area contributed by atoms with Crippen LogP contribution in [0.2, 0.25) is 0 Å². The smallest absolute Gasteiger partial charge is 0.183 e. The van der Waals surface area contributed by atoms with E-state index in [9.17, 15) is 0 Å². The summed E-state index contributed by atoms with van der Waals surface area (Å²) in [6.45, 7) is 1.04. The molecule has 1 heterocycles. The zero-order valence-electron chi connectivity index (χ0n) is 8.25. The number of thiazole rings is 1. The van der Waals surface area contributed by atoms with E-state index in [2.05, 4.69) is 32.5 Å². The molecule has 80 valence electrons. The maximum absolute atomic E-state index is 4.26. The number of halogens is 1. The van der Waals surface area contributed by atoms with Crippen molar-refractivity contribution in [1.29, 1.82) is 0 Å². The second-order valence-electron chi connectivity index (χ2n) is 2.96. The Balaban J connectivity index is 1.99. The fraction of sp³-hybridized carbons (Fsp3) is 0.667. The Bertz CT molecular complexity index is 253. The van der Waals surface area contributed by atoms with Crippen LogP contribution in [-0.2, 0) is 0 Å². The van der Waals surface area contributed by atoms with Gasteiger partial charge in [-0.25, -0.2) is 4.98 Å². The molecule has 0 saturated carbocycles. The molecule has 0 aromatic carbocycles. The van der Waals surface area contributed by atoms with Crippen LogP contribution in [0.15, 0.2) is 9.98 Å². The number of aromatic nitrogens is 1. The van der Waals surface area contributed by atoms with E-state index >= 15 is 0 Å². The Labute approximate surface area is 102 Å². The number of rotatable bonds is 7. The zero-order chi connectivity index (χ0) is 10.2. The van der Waals surface area contributed by atoms with E-state index in [1.54, 1.807) is 11.3 Å². The van der Waals surface area contributed by atoms with Gasteiger partial charge in [0.25, 0.3) is 0 Å². The molecule has 1 aromatic heterocycles. The zero-order valence-corrected chi connectivity index (χ0v) is 11.5. The minimum absolute atomic E-state index is 0.924. The highest BCUT2D eigenvalue weighted by atomic mass is 79.9. The quantitative estimate of drug-likeness (QED) is 0.773. The van der Waals surface area contributed by atoms with Crippen LogP contribution >= 0.6 is 39.0 Å². The lowest BCUT2D eigenvalue weighted by molar-refractivity contribution is 0.749. The van der Waals surface area contributed by atoms with Crippen LogP contribution in [0.1, 0.15) is 19.3 Å². The van der Waals surface area contributed by atoms with Crippen molar-refractivity contribution in [2.45, 2.75) is 19.3 Å². The number of anilines is 1. The molecule has 0 aliphatic carbocycles. The number of nitrogens with zero attached hydrogens (tertiary/aromatic N) is 1. The molecule has 0 bridgehead atoms. The Hall–Kier alpha value is 0.260. The third kappa shape index (κ3) is 5.22. The maximum Gasteiger partial charge on any atom is 0.183 e. The predicted octanol–water partition coefficient (Wildman–Crippen LogP) is 3.85. The van der Waals surface area contributed by atoms with Gasteiger partial charge in [-0.2, -0.15) is 11.8 Å². The van der Waals surface area contributed by atoms with Gasteiger partial charge in [0.15, 0.2) is 5.13 Å². The van der Waals surface area contributed by atoms with Gasteiger partial charge in [-0.1, -0.05) is 6.42 Å². The molecular formula is C9H15BrN2S2. The number of hydrogen-bond donors (Lipinski definition) is 1. The molecule has 2 nitrogen and oxygen atoms in total. The summed E-state index contributed by atoms with van der Waals surface area (Å²) in [5, 5.41) is 6.32. The third-order valence-corrected chi connectivity index (χ3v) is 3.98. The van der Waals surface area contributed by atoms with E-state index in [0.29, 0.717) is 0 Å². The SMILES string of the molecule is CSCCCCCNc1nc(Br)cs1. The van der Waals surface area contributed by atoms with Crippen LogP contribution in [0.25, 0.3) is 0 Å². The summed E-state index contributed by atoms with van der Waals surface area (Å²) in [6, 6.07) is 0. The normalized spacial score (nSPS) is 10.4. The summed E-state index contributed by atoms with van der Waals surface area (Å²) in [7, 11) is 0. The van der Waals surface area contributed by atoms with Gasteiger partial charge in [0, 0.05) is 11.9 Å². The first-order chi connectivity index (χ1) is 6.83. The number of thioether (sulfide) groups is 1. The lowest BCUT2D eigenvalue weighted by atomic mass is 10.2.